The van der Waals surface area contributed by atoms with Gasteiger partial charge in [-0.05, 0) is 36.0 Å². The van der Waals surface area contributed by atoms with Gasteiger partial charge in [0.2, 0.25) is 0 Å². The second-order valence-electron chi connectivity index (χ2n) is 4.24. The van der Waals surface area contributed by atoms with Gasteiger partial charge in [-0.2, -0.15) is 0 Å². The van der Waals surface area contributed by atoms with E-state index in [1.54, 1.807) is 0 Å². The molecule has 1 N–H and O–H groups in total. The van der Waals surface area contributed by atoms with Gasteiger partial charge in [0.05, 0.1) is 0 Å². The first-order chi connectivity index (χ1) is 9.16. The molecule has 2 rings (SSSR count). The molecule has 0 spiro atoms. The summed E-state index contributed by atoms with van der Waals surface area (Å²) in [7, 11) is 1.98. The van der Waals surface area contributed by atoms with Crippen molar-refractivity contribution in [3.05, 3.63) is 64.6 Å². The molecule has 0 aromatic heterocycles. The first kappa shape index (κ1) is 14.0. The van der Waals surface area contributed by atoms with Gasteiger partial charge in [0.25, 0.3) is 0 Å². The molecule has 0 bridgehead atoms. The minimum atomic E-state index is 0.710. The van der Waals surface area contributed by atoms with Gasteiger partial charge in [-0.25, -0.2) is 0 Å². The van der Waals surface area contributed by atoms with E-state index in [0.717, 1.165) is 16.7 Å². The fourth-order valence-electron chi connectivity index (χ4n) is 1.69. The smallest absolute Gasteiger partial charge is 0.173 e. The summed E-state index contributed by atoms with van der Waals surface area (Å²) >= 11 is 8.95. The largest absolute Gasteiger partial charge is 0.348 e. The zero-order valence-corrected chi connectivity index (χ0v) is 13.0. The van der Waals surface area contributed by atoms with Crippen LogP contribution in [0.2, 0.25) is 0 Å². The normalized spacial score (nSPS) is 10.0. The Morgan fingerprint density at radius 1 is 1.11 bits per heavy atom. The fraction of sp³-hybridized carbons (Fsp3) is 0.133. The Balaban J connectivity index is 1.98. The summed E-state index contributed by atoms with van der Waals surface area (Å²) in [5.41, 5.74) is 2.22. The Labute approximate surface area is 127 Å². The monoisotopic (exact) mass is 334 g/mol. The van der Waals surface area contributed by atoms with E-state index in [2.05, 4.69) is 27.3 Å². The Morgan fingerprint density at radius 3 is 2.42 bits per heavy atom. The summed E-state index contributed by atoms with van der Waals surface area (Å²) in [5.74, 6) is 0. The average molecular weight is 335 g/mol. The standard InChI is InChI=1S/C15H15BrN2S/c1-18(11-12-7-5-6-10-14(12)16)15(19)17-13-8-3-2-4-9-13/h2-10H,11H2,1H3,(H,17,19). The number of rotatable bonds is 3. The molecule has 0 aliphatic heterocycles. The minimum absolute atomic E-state index is 0.710. The summed E-state index contributed by atoms with van der Waals surface area (Å²) in [6.45, 7) is 0.764. The molecule has 0 aliphatic carbocycles. The van der Waals surface area contributed by atoms with Gasteiger partial charge in [-0.3, -0.25) is 0 Å². The van der Waals surface area contributed by atoms with Gasteiger partial charge in [-0.1, -0.05) is 52.3 Å². The third kappa shape index (κ3) is 4.04. The summed E-state index contributed by atoms with van der Waals surface area (Å²) in [5, 5.41) is 3.93. The molecule has 0 fully saturated rings. The van der Waals surface area contributed by atoms with Crippen LogP contribution in [0.5, 0.6) is 0 Å². The number of thiocarbonyl (C=S) groups is 1. The molecular formula is C15H15BrN2S. The van der Waals surface area contributed by atoms with E-state index in [9.17, 15) is 0 Å². The summed E-state index contributed by atoms with van der Waals surface area (Å²) < 4.78 is 1.10. The van der Waals surface area contributed by atoms with Crippen LogP contribution in [-0.4, -0.2) is 17.1 Å². The lowest BCUT2D eigenvalue weighted by Gasteiger charge is -2.21. The molecule has 0 heterocycles. The van der Waals surface area contributed by atoms with Crippen molar-refractivity contribution in [2.75, 3.05) is 12.4 Å². The first-order valence-corrected chi connectivity index (χ1v) is 7.17. The van der Waals surface area contributed by atoms with Crippen molar-refractivity contribution in [1.82, 2.24) is 4.90 Å². The molecule has 0 radical (unpaired) electrons. The van der Waals surface area contributed by atoms with E-state index in [4.69, 9.17) is 12.2 Å². The van der Waals surface area contributed by atoms with Gasteiger partial charge < -0.3 is 10.2 Å². The van der Waals surface area contributed by atoms with E-state index < -0.39 is 0 Å². The number of halogens is 1. The highest BCUT2D eigenvalue weighted by Gasteiger charge is 2.07. The number of nitrogens with one attached hydrogen (secondary N) is 1. The molecule has 4 heteroatoms. The van der Waals surface area contributed by atoms with Crippen LogP contribution in [0.25, 0.3) is 0 Å². The number of benzene rings is 2. The van der Waals surface area contributed by atoms with Gasteiger partial charge >= 0.3 is 0 Å². The zero-order valence-electron chi connectivity index (χ0n) is 10.6. The summed E-state index contributed by atoms with van der Waals surface area (Å²) in [4.78, 5) is 2.02. The van der Waals surface area contributed by atoms with Gasteiger partial charge in [0, 0.05) is 23.8 Å². The van der Waals surface area contributed by atoms with Gasteiger partial charge in [-0.15, -0.1) is 0 Å². The van der Waals surface area contributed by atoms with Crippen molar-refractivity contribution < 1.29 is 0 Å². The van der Waals surface area contributed by atoms with Crippen molar-refractivity contribution in [1.29, 1.82) is 0 Å². The topological polar surface area (TPSA) is 15.3 Å². The Morgan fingerprint density at radius 2 is 1.74 bits per heavy atom. The molecule has 0 atom stereocenters. The van der Waals surface area contributed by atoms with Crippen molar-refractivity contribution in [2.45, 2.75) is 6.54 Å². The maximum atomic E-state index is 5.40. The third-order valence-corrected chi connectivity index (χ3v) is 3.92. The molecule has 2 aromatic rings. The van der Waals surface area contributed by atoms with E-state index in [1.807, 2.05) is 60.5 Å². The van der Waals surface area contributed by atoms with Crippen LogP contribution >= 0.6 is 28.1 Å². The Hall–Kier alpha value is -1.39. The molecule has 0 unspecified atom stereocenters. The van der Waals surface area contributed by atoms with Crippen molar-refractivity contribution in [2.24, 2.45) is 0 Å². The highest BCUT2D eigenvalue weighted by molar-refractivity contribution is 9.10. The van der Waals surface area contributed by atoms with Crippen molar-refractivity contribution in [3.63, 3.8) is 0 Å². The van der Waals surface area contributed by atoms with Crippen LogP contribution in [0.4, 0.5) is 5.69 Å². The average Bonchev–Trinajstić information content (AvgIpc) is 2.42. The van der Waals surface area contributed by atoms with Crippen LogP contribution < -0.4 is 5.32 Å². The van der Waals surface area contributed by atoms with Crippen molar-refractivity contribution >= 4 is 38.9 Å². The maximum absolute atomic E-state index is 5.40. The summed E-state index contributed by atoms with van der Waals surface area (Å²) in [6.07, 6.45) is 0. The molecule has 2 nitrogen and oxygen atoms in total. The predicted octanol–water partition coefficient (Wildman–Crippen LogP) is 4.28. The Kier molecular flexibility index (Phi) is 4.93. The lowest BCUT2D eigenvalue weighted by atomic mass is 10.2. The third-order valence-electron chi connectivity index (χ3n) is 2.74. The number of hydrogen-bond donors (Lipinski definition) is 1. The number of hydrogen-bond acceptors (Lipinski definition) is 1. The van der Waals surface area contributed by atoms with Crippen LogP contribution in [0.1, 0.15) is 5.56 Å². The minimum Gasteiger partial charge on any atom is -0.348 e. The predicted molar refractivity (Wildman–Crippen MR) is 88.3 cm³/mol. The molecule has 0 aliphatic rings. The van der Waals surface area contributed by atoms with Crippen LogP contribution in [-0.2, 0) is 6.54 Å². The highest BCUT2D eigenvalue weighted by Crippen LogP contribution is 2.17. The van der Waals surface area contributed by atoms with Gasteiger partial charge in [0.15, 0.2) is 5.11 Å². The van der Waals surface area contributed by atoms with Crippen molar-refractivity contribution in [3.8, 4) is 0 Å². The molecule has 98 valence electrons. The molecule has 0 amide bonds. The van der Waals surface area contributed by atoms with E-state index in [1.165, 1.54) is 5.56 Å². The van der Waals surface area contributed by atoms with Crippen LogP contribution in [0.15, 0.2) is 59.1 Å². The molecular weight excluding hydrogens is 320 g/mol. The molecule has 2 aromatic carbocycles. The van der Waals surface area contributed by atoms with Gasteiger partial charge in [0.1, 0.15) is 0 Å². The number of para-hydroxylation sites is 1. The first-order valence-electron chi connectivity index (χ1n) is 5.97. The maximum Gasteiger partial charge on any atom is 0.173 e. The second kappa shape index (κ2) is 6.68. The second-order valence-corrected chi connectivity index (χ2v) is 5.48. The SMILES string of the molecule is CN(Cc1ccccc1Br)C(=S)Nc1ccccc1. The molecule has 19 heavy (non-hydrogen) atoms. The van der Waals surface area contributed by atoms with E-state index >= 15 is 0 Å². The lowest BCUT2D eigenvalue weighted by molar-refractivity contribution is 0.507. The zero-order chi connectivity index (χ0) is 13.7. The lowest BCUT2D eigenvalue weighted by Crippen LogP contribution is -2.30. The van der Waals surface area contributed by atoms with E-state index in [-0.39, 0.29) is 0 Å². The Bertz CT molecular complexity index is 557. The number of nitrogens with zero attached hydrogens (tertiary/aromatic N) is 1. The highest BCUT2D eigenvalue weighted by atomic mass is 79.9. The van der Waals surface area contributed by atoms with Crippen LogP contribution in [0, 0.1) is 0 Å². The fourth-order valence-corrected chi connectivity index (χ4v) is 2.29. The summed E-state index contributed by atoms with van der Waals surface area (Å²) in [6, 6.07) is 18.1. The molecule has 0 saturated heterocycles. The molecule has 0 saturated carbocycles. The van der Waals surface area contributed by atoms with Crippen LogP contribution in [0.3, 0.4) is 0 Å². The number of anilines is 1. The quantitative estimate of drug-likeness (QED) is 0.843. The van der Waals surface area contributed by atoms with E-state index in [0.29, 0.717) is 5.11 Å².